The fourth-order valence-electron chi connectivity index (χ4n) is 2.70. The molecule has 0 unspecified atom stereocenters. The third-order valence-corrected chi connectivity index (χ3v) is 3.95. The van der Waals surface area contributed by atoms with Crippen molar-refractivity contribution in [2.45, 2.75) is 20.3 Å². The number of amides is 1. The summed E-state index contributed by atoms with van der Waals surface area (Å²) in [7, 11) is 1.77. The molecule has 114 valence electrons. The van der Waals surface area contributed by atoms with Crippen LogP contribution in [-0.4, -0.2) is 29.7 Å². The summed E-state index contributed by atoms with van der Waals surface area (Å²) in [5, 5.41) is 8.32. The van der Waals surface area contributed by atoms with Gasteiger partial charge in [0.25, 0.3) is 5.91 Å². The molecular formula is C16H17ClN4O. The SMILES string of the molecule is CCCN1c2ccc(C)cc2N(C)C(=O)c2cc(Cl)nnc21. The summed E-state index contributed by atoms with van der Waals surface area (Å²) >= 11 is 5.94. The Bertz CT molecular complexity index is 747. The number of hydrogen-bond acceptors (Lipinski definition) is 4. The second-order valence-electron chi connectivity index (χ2n) is 5.41. The molecule has 1 amide bonds. The minimum absolute atomic E-state index is 0.128. The Morgan fingerprint density at radius 3 is 2.68 bits per heavy atom. The van der Waals surface area contributed by atoms with Crippen molar-refractivity contribution in [3.8, 4) is 0 Å². The minimum atomic E-state index is -0.128. The minimum Gasteiger partial charge on any atom is -0.322 e. The third kappa shape index (κ3) is 2.31. The lowest BCUT2D eigenvalue weighted by molar-refractivity contribution is 0.0994. The number of hydrogen-bond donors (Lipinski definition) is 0. The number of nitrogens with zero attached hydrogens (tertiary/aromatic N) is 4. The number of rotatable bonds is 2. The van der Waals surface area contributed by atoms with E-state index in [9.17, 15) is 4.79 Å². The van der Waals surface area contributed by atoms with E-state index in [0.717, 1.165) is 29.9 Å². The van der Waals surface area contributed by atoms with Crippen molar-refractivity contribution in [2.75, 3.05) is 23.4 Å². The summed E-state index contributed by atoms with van der Waals surface area (Å²) in [4.78, 5) is 16.5. The predicted octanol–water partition coefficient (Wildman–Crippen LogP) is 3.58. The number of carbonyl (C=O) groups is 1. The molecule has 6 heteroatoms. The van der Waals surface area contributed by atoms with Gasteiger partial charge in [-0.15, -0.1) is 10.2 Å². The quantitative estimate of drug-likeness (QED) is 0.849. The van der Waals surface area contributed by atoms with Gasteiger partial charge in [0.15, 0.2) is 11.0 Å². The highest BCUT2D eigenvalue weighted by molar-refractivity contribution is 6.30. The molecule has 0 fully saturated rings. The van der Waals surface area contributed by atoms with Crippen LogP contribution < -0.4 is 9.80 Å². The van der Waals surface area contributed by atoms with Gasteiger partial charge in [-0.2, -0.15) is 0 Å². The number of fused-ring (bicyclic) bond motifs is 2. The Morgan fingerprint density at radius 1 is 1.18 bits per heavy atom. The molecule has 0 N–H and O–H groups in total. The molecule has 0 saturated carbocycles. The summed E-state index contributed by atoms with van der Waals surface area (Å²) in [5.74, 6) is 0.433. The van der Waals surface area contributed by atoms with E-state index in [-0.39, 0.29) is 11.1 Å². The van der Waals surface area contributed by atoms with Gasteiger partial charge in [0, 0.05) is 13.6 Å². The largest absolute Gasteiger partial charge is 0.322 e. The zero-order chi connectivity index (χ0) is 15.9. The smallest absolute Gasteiger partial charge is 0.262 e. The van der Waals surface area contributed by atoms with Crippen LogP contribution in [0.3, 0.4) is 0 Å². The molecule has 0 spiro atoms. The highest BCUT2D eigenvalue weighted by atomic mass is 35.5. The molecule has 2 aromatic rings. The van der Waals surface area contributed by atoms with E-state index >= 15 is 0 Å². The number of anilines is 3. The first-order valence-corrected chi connectivity index (χ1v) is 7.60. The molecule has 5 nitrogen and oxygen atoms in total. The van der Waals surface area contributed by atoms with E-state index in [1.807, 2.05) is 30.0 Å². The molecule has 0 aliphatic carbocycles. The lowest BCUT2D eigenvalue weighted by atomic mass is 10.1. The van der Waals surface area contributed by atoms with Crippen LogP contribution in [-0.2, 0) is 0 Å². The summed E-state index contributed by atoms with van der Waals surface area (Å²) < 4.78 is 0. The molecule has 2 heterocycles. The van der Waals surface area contributed by atoms with Crippen LogP contribution in [0.5, 0.6) is 0 Å². The van der Waals surface area contributed by atoms with Crippen LogP contribution in [0.25, 0.3) is 0 Å². The molecule has 1 aliphatic heterocycles. The van der Waals surface area contributed by atoms with Crippen molar-refractivity contribution < 1.29 is 4.79 Å². The van der Waals surface area contributed by atoms with Crippen LogP contribution in [0.15, 0.2) is 24.3 Å². The summed E-state index contributed by atoms with van der Waals surface area (Å²) in [6.07, 6.45) is 0.926. The van der Waals surface area contributed by atoms with Gasteiger partial charge in [-0.3, -0.25) is 4.79 Å². The zero-order valence-electron chi connectivity index (χ0n) is 12.8. The number of aryl methyl sites for hydroxylation is 1. The van der Waals surface area contributed by atoms with Gasteiger partial charge in [0.05, 0.1) is 16.9 Å². The van der Waals surface area contributed by atoms with Crippen molar-refractivity contribution in [3.05, 3.63) is 40.5 Å². The van der Waals surface area contributed by atoms with Crippen molar-refractivity contribution in [3.63, 3.8) is 0 Å². The highest BCUT2D eigenvalue weighted by Gasteiger charge is 2.30. The van der Waals surface area contributed by atoms with Gasteiger partial charge in [-0.25, -0.2) is 0 Å². The first-order valence-electron chi connectivity index (χ1n) is 7.22. The maximum atomic E-state index is 12.8. The van der Waals surface area contributed by atoms with Crippen molar-refractivity contribution in [2.24, 2.45) is 0 Å². The molecule has 22 heavy (non-hydrogen) atoms. The van der Waals surface area contributed by atoms with Gasteiger partial charge in [0.2, 0.25) is 0 Å². The fraction of sp³-hybridized carbons (Fsp3) is 0.312. The van der Waals surface area contributed by atoms with Gasteiger partial charge in [-0.05, 0) is 37.1 Å². The Kier molecular flexibility index (Phi) is 3.74. The fourth-order valence-corrected chi connectivity index (χ4v) is 2.85. The standard InChI is InChI=1S/C16H17ClN4O/c1-4-7-21-12-6-5-10(2)8-13(12)20(3)16(22)11-9-14(17)18-19-15(11)21/h5-6,8-9H,4,7H2,1-3H3. The molecule has 0 saturated heterocycles. The zero-order valence-corrected chi connectivity index (χ0v) is 13.6. The Morgan fingerprint density at radius 2 is 1.95 bits per heavy atom. The summed E-state index contributed by atoms with van der Waals surface area (Å²) in [6.45, 7) is 4.85. The van der Waals surface area contributed by atoms with E-state index in [4.69, 9.17) is 11.6 Å². The molecule has 1 aromatic heterocycles. The Labute approximate surface area is 134 Å². The first kappa shape index (κ1) is 14.8. The number of aromatic nitrogens is 2. The van der Waals surface area contributed by atoms with Gasteiger partial charge >= 0.3 is 0 Å². The second-order valence-corrected chi connectivity index (χ2v) is 5.80. The Hall–Kier alpha value is -2.14. The molecule has 0 bridgehead atoms. The van der Waals surface area contributed by atoms with Crippen LogP contribution in [0.1, 0.15) is 29.3 Å². The lowest BCUT2D eigenvalue weighted by Gasteiger charge is -2.25. The van der Waals surface area contributed by atoms with E-state index < -0.39 is 0 Å². The number of benzene rings is 1. The monoisotopic (exact) mass is 316 g/mol. The predicted molar refractivity (Wildman–Crippen MR) is 88.3 cm³/mol. The second kappa shape index (κ2) is 5.57. The van der Waals surface area contributed by atoms with Crippen LogP contribution in [0.4, 0.5) is 17.2 Å². The number of carbonyl (C=O) groups excluding carboxylic acids is 1. The van der Waals surface area contributed by atoms with E-state index in [1.165, 1.54) is 0 Å². The summed E-state index contributed by atoms with van der Waals surface area (Å²) in [6, 6.07) is 7.66. The average molecular weight is 317 g/mol. The average Bonchev–Trinajstić information content (AvgIpc) is 2.58. The molecule has 3 rings (SSSR count). The van der Waals surface area contributed by atoms with E-state index in [0.29, 0.717) is 11.4 Å². The van der Waals surface area contributed by atoms with E-state index in [1.54, 1.807) is 18.0 Å². The van der Waals surface area contributed by atoms with Crippen LogP contribution in [0, 0.1) is 6.92 Å². The third-order valence-electron chi connectivity index (χ3n) is 3.77. The van der Waals surface area contributed by atoms with Gasteiger partial charge in [-0.1, -0.05) is 24.6 Å². The molecule has 0 atom stereocenters. The molecule has 1 aromatic carbocycles. The van der Waals surface area contributed by atoms with Gasteiger partial charge in [0.1, 0.15) is 0 Å². The Balaban J connectivity index is 2.29. The molecular weight excluding hydrogens is 300 g/mol. The maximum Gasteiger partial charge on any atom is 0.262 e. The van der Waals surface area contributed by atoms with Crippen molar-refractivity contribution in [1.29, 1.82) is 0 Å². The van der Waals surface area contributed by atoms with E-state index in [2.05, 4.69) is 17.1 Å². The lowest BCUT2D eigenvalue weighted by Crippen LogP contribution is -2.25. The highest BCUT2D eigenvalue weighted by Crippen LogP contribution is 2.39. The first-order chi connectivity index (χ1) is 10.5. The van der Waals surface area contributed by atoms with Crippen LogP contribution in [0.2, 0.25) is 5.15 Å². The maximum absolute atomic E-state index is 12.8. The van der Waals surface area contributed by atoms with Crippen molar-refractivity contribution >= 4 is 34.7 Å². The van der Waals surface area contributed by atoms with Crippen molar-refractivity contribution in [1.82, 2.24) is 10.2 Å². The summed E-state index contributed by atoms with van der Waals surface area (Å²) in [5.41, 5.74) is 3.40. The number of halogens is 1. The molecule has 0 radical (unpaired) electrons. The normalized spacial score (nSPS) is 13.7. The van der Waals surface area contributed by atoms with Gasteiger partial charge < -0.3 is 9.80 Å². The van der Waals surface area contributed by atoms with Crippen LogP contribution >= 0.6 is 11.6 Å². The molecule has 1 aliphatic rings. The topological polar surface area (TPSA) is 49.3 Å².